The van der Waals surface area contributed by atoms with E-state index in [4.69, 9.17) is 9.52 Å². The van der Waals surface area contributed by atoms with Crippen LogP contribution in [0.25, 0.3) is 0 Å². The predicted molar refractivity (Wildman–Crippen MR) is 72.7 cm³/mol. The Morgan fingerprint density at radius 3 is 2.52 bits per heavy atom. The quantitative estimate of drug-likeness (QED) is 0.736. The van der Waals surface area contributed by atoms with Crippen LogP contribution < -0.4 is 10.6 Å². The highest BCUT2D eigenvalue weighted by molar-refractivity contribution is 7.91. The molecule has 0 aliphatic carbocycles. The fraction of sp³-hybridized carbons (Fsp3) is 0.500. The van der Waals surface area contributed by atoms with Gasteiger partial charge in [0, 0.05) is 6.04 Å². The number of amides is 2. The van der Waals surface area contributed by atoms with Crippen LogP contribution in [-0.4, -0.2) is 43.1 Å². The van der Waals surface area contributed by atoms with Crippen LogP contribution in [0.4, 0.5) is 4.79 Å². The lowest BCUT2D eigenvalue weighted by atomic mass is 10.2. The summed E-state index contributed by atoms with van der Waals surface area (Å²) in [6, 6.07) is 2.17. The zero-order valence-electron chi connectivity index (χ0n) is 11.2. The number of nitrogens with one attached hydrogen (secondary N) is 2. The fourth-order valence-corrected chi connectivity index (χ4v) is 3.52. The van der Waals surface area contributed by atoms with Crippen molar-refractivity contribution in [1.29, 1.82) is 0 Å². The second-order valence-electron chi connectivity index (χ2n) is 4.82. The van der Waals surface area contributed by atoms with Gasteiger partial charge in [0.1, 0.15) is 15.6 Å². The molecule has 2 heterocycles. The SMILES string of the molecule is O=C(NCc1ccc(C(=O)O)o1)NC1CCS(=O)(=O)CC1. The molecule has 0 spiro atoms. The molecule has 0 atom stereocenters. The number of carbonyl (C=O) groups is 2. The lowest BCUT2D eigenvalue weighted by Crippen LogP contribution is -2.45. The topological polar surface area (TPSA) is 126 Å². The van der Waals surface area contributed by atoms with Gasteiger partial charge in [-0.3, -0.25) is 0 Å². The van der Waals surface area contributed by atoms with E-state index in [9.17, 15) is 18.0 Å². The third-order valence-corrected chi connectivity index (χ3v) is 4.90. The number of carboxylic acid groups (broad SMARTS) is 1. The van der Waals surface area contributed by atoms with Crippen LogP contribution in [0.15, 0.2) is 16.5 Å². The normalized spacial score (nSPS) is 18.1. The van der Waals surface area contributed by atoms with Crippen molar-refractivity contribution in [2.24, 2.45) is 0 Å². The third-order valence-electron chi connectivity index (χ3n) is 3.19. The smallest absolute Gasteiger partial charge is 0.371 e. The van der Waals surface area contributed by atoms with Gasteiger partial charge in [-0.15, -0.1) is 0 Å². The molecule has 21 heavy (non-hydrogen) atoms. The Balaban J connectivity index is 1.76. The molecule has 2 rings (SSSR count). The molecule has 9 heteroatoms. The van der Waals surface area contributed by atoms with E-state index in [0.717, 1.165) is 0 Å². The highest BCUT2D eigenvalue weighted by Gasteiger charge is 2.24. The van der Waals surface area contributed by atoms with Gasteiger partial charge in [0.2, 0.25) is 5.76 Å². The van der Waals surface area contributed by atoms with Crippen molar-refractivity contribution in [1.82, 2.24) is 10.6 Å². The number of hydrogen-bond donors (Lipinski definition) is 3. The van der Waals surface area contributed by atoms with E-state index in [1.54, 1.807) is 0 Å². The fourth-order valence-electron chi connectivity index (χ4n) is 2.03. The summed E-state index contributed by atoms with van der Waals surface area (Å²) in [6.07, 6.45) is 0.805. The summed E-state index contributed by atoms with van der Waals surface area (Å²) in [6.45, 7) is 0.0597. The minimum atomic E-state index is -2.95. The molecule has 1 fully saturated rings. The molecule has 116 valence electrons. The minimum absolute atomic E-state index is 0.0597. The predicted octanol–water partition coefficient (Wildman–Crippen LogP) is 0.354. The molecular weight excluding hydrogens is 300 g/mol. The Hall–Kier alpha value is -2.03. The second-order valence-corrected chi connectivity index (χ2v) is 7.13. The van der Waals surface area contributed by atoms with Gasteiger partial charge in [0.15, 0.2) is 0 Å². The van der Waals surface area contributed by atoms with E-state index in [-0.39, 0.29) is 29.9 Å². The number of aromatic carboxylic acids is 1. The lowest BCUT2D eigenvalue weighted by molar-refractivity contribution is 0.0660. The highest BCUT2D eigenvalue weighted by Crippen LogP contribution is 2.12. The van der Waals surface area contributed by atoms with Crippen LogP contribution in [0.3, 0.4) is 0 Å². The van der Waals surface area contributed by atoms with E-state index >= 15 is 0 Å². The zero-order valence-corrected chi connectivity index (χ0v) is 12.0. The summed E-state index contributed by atoms with van der Waals surface area (Å²) >= 11 is 0. The van der Waals surface area contributed by atoms with E-state index in [2.05, 4.69) is 10.6 Å². The molecule has 0 bridgehead atoms. The molecule has 3 N–H and O–H groups in total. The number of hydrogen-bond acceptors (Lipinski definition) is 5. The van der Waals surface area contributed by atoms with Gasteiger partial charge in [-0.25, -0.2) is 18.0 Å². The van der Waals surface area contributed by atoms with Crippen LogP contribution in [0.2, 0.25) is 0 Å². The molecule has 1 aromatic heterocycles. The maximum atomic E-state index is 11.7. The molecule has 8 nitrogen and oxygen atoms in total. The third kappa shape index (κ3) is 4.48. The van der Waals surface area contributed by atoms with Gasteiger partial charge in [-0.2, -0.15) is 0 Å². The molecule has 2 amide bonds. The van der Waals surface area contributed by atoms with Crippen molar-refractivity contribution < 1.29 is 27.5 Å². The first-order valence-electron chi connectivity index (χ1n) is 6.42. The standard InChI is InChI=1S/C12H16N2O6S/c15-11(16)10-2-1-9(20-10)7-13-12(17)14-8-3-5-21(18,19)6-4-8/h1-2,8H,3-7H2,(H,15,16)(H2,13,14,17). The number of carboxylic acids is 1. The first kappa shape index (κ1) is 15.4. The van der Waals surface area contributed by atoms with Crippen molar-refractivity contribution in [3.63, 3.8) is 0 Å². The number of sulfone groups is 1. The highest BCUT2D eigenvalue weighted by atomic mass is 32.2. The van der Waals surface area contributed by atoms with Crippen molar-refractivity contribution in [3.05, 3.63) is 23.7 Å². The van der Waals surface area contributed by atoms with E-state index in [1.165, 1.54) is 12.1 Å². The van der Waals surface area contributed by atoms with Gasteiger partial charge in [-0.05, 0) is 25.0 Å². The Morgan fingerprint density at radius 1 is 1.29 bits per heavy atom. The van der Waals surface area contributed by atoms with Gasteiger partial charge < -0.3 is 20.2 Å². The van der Waals surface area contributed by atoms with Crippen LogP contribution >= 0.6 is 0 Å². The monoisotopic (exact) mass is 316 g/mol. The molecule has 0 saturated carbocycles. The maximum Gasteiger partial charge on any atom is 0.371 e. The Morgan fingerprint density at radius 2 is 1.95 bits per heavy atom. The zero-order chi connectivity index (χ0) is 15.5. The summed E-state index contributed by atoms with van der Waals surface area (Å²) in [7, 11) is -2.95. The van der Waals surface area contributed by atoms with Gasteiger partial charge >= 0.3 is 12.0 Å². The summed E-state index contributed by atoms with van der Waals surface area (Å²) in [5, 5.41) is 13.9. The molecule has 1 saturated heterocycles. The Labute approximate surface area is 121 Å². The summed E-state index contributed by atoms with van der Waals surface area (Å²) in [4.78, 5) is 22.3. The molecular formula is C12H16N2O6S. The van der Waals surface area contributed by atoms with Crippen LogP contribution in [0.1, 0.15) is 29.2 Å². The second kappa shape index (κ2) is 6.17. The molecule has 1 aliphatic heterocycles. The molecule has 0 radical (unpaired) electrons. The number of rotatable bonds is 4. The lowest BCUT2D eigenvalue weighted by Gasteiger charge is -2.22. The van der Waals surface area contributed by atoms with E-state index < -0.39 is 21.8 Å². The Bertz CT molecular complexity index is 622. The average molecular weight is 316 g/mol. The molecule has 1 aliphatic rings. The average Bonchev–Trinajstić information content (AvgIpc) is 2.88. The maximum absolute atomic E-state index is 11.7. The van der Waals surface area contributed by atoms with Gasteiger partial charge in [0.05, 0.1) is 18.1 Å². The first-order chi connectivity index (χ1) is 9.85. The van der Waals surface area contributed by atoms with Crippen LogP contribution in [0.5, 0.6) is 0 Å². The van der Waals surface area contributed by atoms with Crippen molar-refractivity contribution in [2.75, 3.05) is 11.5 Å². The van der Waals surface area contributed by atoms with Crippen molar-refractivity contribution in [3.8, 4) is 0 Å². The summed E-state index contributed by atoms with van der Waals surface area (Å²) < 4.78 is 27.5. The molecule has 1 aromatic rings. The minimum Gasteiger partial charge on any atom is -0.475 e. The van der Waals surface area contributed by atoms with Crippen molar-refractivity contribution in [2.45, 2.75) is 25.4 Å². The van der Waals surface area contributed by atoms with E-state index in [0.29, 0.717) is 18.6 Å². The largest absolute Gasteiger partial charge is 0.475 e. The number of urea groups is 1. The number of carbonyl (C=O) groups excluding carboxylic acids is 1. The summed E-state index contributed by atoms with van der Waals surface area (Å²) in [5.74, 6) is -0.872. The summed E-state index contributed by atoms with van der Waals surface area (Å²) in [5.41, 5.74) is 0. The number of furan rings is 1. The Kier molecular flexibility index (Phi) is 4.51. The van der Waals surface area contributed by atoms with E-state index in [1.807, 2.05) is 0 Å². The molecule has 0 aromatic carbocycles. The van der Waals surface area contributed by atoms with Crippen molar-refractivity contribution >= 4 is 21.8 Å². The van der Waals surface area contributed by atoms with Crippen LogP contribution in [-0.2, 0) is 16.4 Å². The molecule has 0 unspecified atom stereocenters. The van der Waals surface area contributed by atoms with Crippen LogP contribution in [0, 0.1) is 0 Å². The first-order valence-corrected chi connectivity index (χ1v) is 8.25. The van der Waals surface area contributed by atoms with Gasteiger partial charge in [0.25, 0.3) is 0 Å². The van der Waals surface area contributed by atoms with Gasteiger partial charge in [-0.1, -0.05) is 0 Å².